The smallest absolute Gasteiger partial charge is 0.462 e. The number of phosphoric acid groups is 2. The lowest BCUT2D eigenvalue weighted by molar-refractivity contribution is -0.161. The number of esters is 4. The van der Waals surface area contributed by atoms with Gasteiger partial charge in [-0.05, 0) is 49.4 Å². The minimum atomic E-state index is -4.96. The molecule has 0 radical (unpaired) electrons. The van der Waals surface area contributed by atoms with Crippen molar-refractivity contribution in [3.8, 4) is 0 Å². The summed E-state index contributed by atoms with van der Waals surface area (Å²) in [5.41, 5.74) is 0. The van der Waals surface area contributed by atoms with Gasteiger partial charge < -0.3 is 33.8 Å². The number of phosphoric ester groups is 2. The van der Waals surface area contributed by atoms with E-state index >= 15 is 0 Å². The topological polar surface area (TPSA) is 237 Å². The van der Waals surface area contributed by atoms with Crippen LogP contribution in [0.2, 0.25) is 0 Å². The highest BCUT2D eigenvalue weighted by Crippen LogP contribution is 2.45. The van der Waals surface area contributed by atoms with Crippen LogP contribution in [0.25, 0.3) is 0 Å². The maximum Gasteiger partial charge on any atom is 0.472 e. The van der Waals surface area contributed by atoms with Gasteiger partial charge in [0.25, 0.3) is 0 Å². The number of ether oxygens (including phenoxy) is 4. The zero-order chi connectivity index (χ0) is 69.6. The molecule has 0 heterocycles. The van der Waals surface area contributed by atoms with E-state index in [2.05, 4.69) is 55.4 Å². The third kappa shape index (κ3) is 68.6. The molecule has 0 aromatic carbocycles. The average Bonchev–Trinajstić information content (AvgIpc) is 1.25. The molecule has 19 heteroatoms. The minimum Gasteiger partial charge on any atom is -0.462 e. The van der Waals surface area contributed by atoms with Crippen molar-refractivity contribution in [3.05, 3.63) is 0 Å². The van der Waals surface area contributed by atoms with Gasteiger partial charge in [0.1, 0.15) is 19.3 Å². The van der Waals surface area contributed by atoms with Gasteiger partial charge in [0, 0.05) is 25.7 Å². The quantitative estimate of drug-likeness (QED) is 0.0222. The van der Waals surface area contributed by atoms with E-state index in [9.17, 15) is 43.2 Å². The monoisotopic (exact) mass is 1380 g/mol. The number of aliphatic hydroxyl groups is 1. The Balaban J connectivity index is 5.23. The summed E-state index contributed by atoms with van der Waals surface area (Å²) in [6, 6.07) is 0. The summed E-state index contributed by atoms with van der Waals surface area (Å²) in [5, 5.41) is 10.6. The number of rotatable bonds is 72. The van der Waals surface area contributed by atoms with Crippen LogP contribution >= 0.6 is 15.6 Å². The fourth-order valence-electron chi connectivity index (χ4n) is 11.4. The summed E-state index contributed by atoms with van der Waals surface area (Å²) in [6.07, 6.45) is 48.8. The van der Waals surface area contributed by atoms with E-state index < -0.39 is 97.5 Å². The summed E-state index contributed by atoms with van der Waals surface area (Å²) in [6.45, 7) is 14.1. The molecule has 0 aliphatic heterocycles. The second-order valence-corrected chi connectivity index (χ2v) is 31.9. The van der Waals surface area contributed by atoms with Crippen molar-refractivity contribution in [3.63, 3.8) is 0 Å². The maximum absolute atomic E-state index is 13.1. The average molecular weight is 1380 g/mol. The molecule has 0 saturated carbocycles. The van der Waals surface area contributed by atoms with Gasteiger partial charge in [0.2, 0.25) is 0 Å². The highest BCUT2D eigenvalue weighted by atomic mass is 31.2. The molecule has 0 aliphatic rings. The third-order valence-corrected chi connectivity index (χ3v) is 19.2. The maximum atomic E-state index is 13.1. The Hall–Kier alpha value is -1.94. The van der Waals surface area contributed by atoms with Gasteiger partial charge in [-0.1, -0.05) is 325 Å². The van der Waals surface area contributed by atoms with Crippen molar-refractivity contribution < 1.29 is 80.2 Å². The van der Waals surface area contributed by atoms with Gasteiger partial charge in [-0.25, -0.2) is 9.13 Å². The van der Waals surface area contributed by atoms with Crippen molar-refractivity contribution in [1.29, 1.82) is 0 Å². The predicted octanol–water partition coefficient (Wildman–Crippen LogP) is 21.7. The van der Waals surface area contributed by atoms with E-state index in [1.165, 1.54) is 173 Å². The molecule has 0 bridgehead atoms. The lowest BCUT2D eigenvalue weighted by atomic mass is 10.0. The fraction of sp³-hybridized carbons (Fsp3) is 0.947. The highest BCUT2D eigenvalue weighted by Gasteiger charge is 2.30. The molecule has 0 aliphatic carbocycles. The summed E-state index contributed by atoms with van der Waals surface area (Å²) < 4.78 is 68.4. The number of hydrogen-bond acceptors (Lipinski definition) is 15. The van der Waals surface area contributed by atoms with Gasteiger partial charge in [0.05, 0.1) is 26.4 Å². The van der Waals surface area contributed by atoms with E-state index in [-0.39, 0.29) is 25.7 Å². The molecular weight excluding hydrogens is 1230 g/mol. The number of carbonyl (C=O) groups is 4. The Morgan fingerprint density at radius 2 is 0.447 bits per heavy atom. The Labute approximate surface area is 575 Å². The van der Waals surface area contributed by atoms with Gasteiger partial charge >= 0.3 is 39.5 Å². The van der Waals surface area contributed by atoms with Gasteiger partial charge in [0.15, 0.2) is 12.2 Å². The molecule has 94 heavy (non-hydrogen) atoms. The summed E-state index contributed by atoms with van der Waals surface area (Å²) in [4.78, 5) is 72.7. The fourth-order valence-corrected chi connectivity index (χ4v) is 13.0. The summed E-state index contributed by atoms with van der Waals surface area (Å²) >= 11 is 0. The molecule has 0 spiro atoms. The third-order valence-electron chi connectivity index (χ3n) is 17.3. The van der Waals surface area contributed by atoms with E-state index in [0.29, 0.717) is 31.6 Å². The van der Waals surface area contributed by atoms with Crippen molar-refractivity contribution in [2.45, 2.75) is 395 Å². The molecule has 3 N–H and O–H groups in total. The predicted molar refractivity (Wildman–Crippen MR) is 381 cm³/mol. The number of carbonyl (C=O) groups excluding carboxylic acids is 4. The Bertz CT molecular complexity index is 1850. The SMILES string of the molecule is CC(C)CCCCCCCCCCCCCCCCC(=O)OC[C@H](COP(=O)(O)OC[C@@H](O)COP(=O)(O)OC[C@@H](COC(=O)CCCCCCCCC(C)C)OC(=O)CCCCCCCCCCC(C)C)OC(=O)CCCCCCCCCCCCCCCCC(C)C. The molecule has 5 atom stereocenters. The Morgan fingerprint density at radius 3 is 0.660 bits per heavy atom. The summed E-state index contributed by atoms with van der Waals surface area (Å²) in [5.74, 6) is 0.867. The van der Waals surface area contributed by atoms with Crippen molar-refractivity contribution in [2.75, 3.05) is 39.6 Å². The normalized spacial score (nSPS) is 14.2. The molecule has 0 rings (SSSR count). The first kappa shape index (κ1) is 92.1. The second-order valence-electron chi connectivity index (χ2n) is 28.9. The second kappa shape index (κ2) is 64.4. The lowest BCUT2D eigenvalue weighted by Crippen LogP contribution is -2.30. The van der Waals surface area contributed by atoms with Gasteiger partial charge in [-0.2, -0.15) is 0 Å². The zero-order valence-electron chi connectivity index (χ0n) is 61.6. The molecular formula is C75H146O17P2. The molecule has 0 saturated heterocycles. The first-order valence-electron chi connectivity index (χ1n) is 38.7. The first-order chi connectivity index (χ1) is 45.1. The largest absolute Gasteiger partial charge is 0.472 e. The number of unbranched alkanes of at least 4 members (excludes halogenated alkanes) is 38. The molecule has 558 valence electrons. The molecule has 0 amide bonds. The lowest BCUT2D eigenvalue weighted by Gasteiger charge is -2.21. The zero-order valence-corrected chi connectivity index (χ0v) is 63.4. The van der Waals surface area contributed by atoms with Crippen molar-refractivity contribution in [2.24, 2.45) is 23.7 Å². The van der Waals surface area contributed by atoms with Crippen molar-refractivity contribution >= 4 is 39.5 Å². The van der Waals surface area contributed by atoms with E-state index in [0.717, 1.165) is 114 Å². The molecule has 0 aromatic rings. The van der Waals surface area contributed by atoms with Crippen LogP contribution in [0.15, 0.2) is 0 Å². The number of aliphatic hydroxyl groups excluding tert-OH is 1. The van der Waals surface area contributed by atoms with Crippen LogP contribution in [-0.2, 0) is 65.4 Å². The summed E-state index contributed by atoms with van der Waals surface area (Å²) in [7, 11) is -9.91. The van der Waals surface area contributed by atoms with Crippen LogP contribution in [-0.4, -0.2) is 96.7 Å². The Kier molecular flexibility index (Phi) is 63.1. The van der Waals surface area contributed by atoms with Crippen molar-refractivity contribution in [1.82, 2.24) is 0 Å². The standard InChI is InChI=1S/C75H146O17P2/c1-65(2)51-43-35-27-21-17-13-9-11-15-19-23-30-39-47-55-72(77)85-61-70(91-74(79)57-49-41-31-24-20-16-12-10-14-18-22-28-36-44-52-66(3)4)63-89-93(81,82)87-59-69(76)60-88-94(83,84)90-64-71(62-86-73(78)56-48-40-34-33-38-46-54-68(7)8)92-75(80)58-50-42-32-26-25-29-37-45-53-67(5)6/h65-71,76H,9-64H2,1-8H3,(H,81,82)(H,83,84)/t69-,70-,71-/m1/s1. The van der Waals surface area contributed by atoms with Crippen LogP contribution in [0.5, 0.6) is 0 Å². The van der Waals surface area contributed by atoms with E-state index in [1.54, 1.807) is 0 Å². The number of hydrogen-bond donors (Lipinski definition) is 3. The van der Waals surface area contributed by atoms with Crippen LogP contribution in [0, 0.1) is 23.7 Å². The highest BCUT2D eigenvalue weighted by molar-refractivity contribution is 7.47. The molecule has 2 unspecified atom stereocenters. The molecule has 0 fully saturated rings. The van der Waals surface area contributed by atoms with Gasteiger partial charge in [-0.15, -0.1) is 0 Å². The van der Waals surface area contributed by atoms with E-state index in [1.807, 2.05) is 0 Å². The van der Waals surface area contributed by atoms with E-state index in [4.69, 9.17) is 37.0 Å². The van der Waals surface area contributed by atoms with Crippen LogP contribution in [0.1, 0.15) is 376 Å². The van der Waals surface area contributed by atoms with Crippen LogP contribution < -0.4 is 0 Å². The van der Waals surface area contributed by atoms with Crippen LogP contribution in [0.3, 0.4) is 0 Å². The van der Waals surface area contributed by atoms with Crippen LogP contribution in [0.4, 0.5) is 0 Å². The molecule has 17 nitrogen and oxygen atoms in total. The van der Waals surface area contributed by atoms with Gasteiger partial charge in [-0.3, -0.25) is 37.3 Å². The molecule has 0 aromatic heterocycles. The minimum absolute atomic E-state index is 0.103. The Morgan fingerprint density at radius 1 is 0.266 bits per heavy atom. The first-order valence-corrected chi connectivity index (χ1v) is 41.7.